The summed E-state index contributed by atoms with van der Waals surface area (Å²) in [5.74, 6) is 0.718. The normalized spacial score (nSPS) is 14.6. The Morgan fingerprint density at radius 3 is 2.47 bits per heavy atom. The van der Waals surface area contributed by atoms with Gasteiger partial charge in [0.1, 0.15) is 24.7 Å². The van der Waals surface area contributed by atoms with E-state index in [2.05, 4.69) is 11.0 Å². The van der Waals surface area contributed by atoms with Crippen molar-refractivity contribution in [1.82, 2.24) is 0 Å². The van der Waals surface area contributed by atoms with Crippen molar-refractivity contribution in [2.45, 2.75) is 32.0 Å². The molecule has 1 unspecified atom stereocenters. The summed E-state index contributed by atoms with van der Waals surface area (Å²) in [5.41, 5.74) is 1.66. The number of benzene rings is 3. The van der Waals surface area contributed by atoms with Gasteiger partial charge in [-0.15, -0.1) is 0 Å². The summed E-state index contributed by atoms with van der Waals surface area (Å²) in [6.07, 6.45) is 0.658. The van der Waals surface area contributed by atoms with Crippen molar-refractivity contribution >= 4 is 11.7 Å². The topological polar surface area (TPSA) is 68.2 Å². The van der Waals surface area contributed by atoms with Crippen molar-refractivity contribution in [3.05, 3.63) is 90.0 Å². The van der Waals surface area contributed by atoms with Gasteiger partial charge in [-0.3, -0.25) is 0 Å². The van der Waals surface area contributed by atoms with Gasteiger partial charge >= 0.3 is 5.97 Å². The van der Waals surface area contributed by atoms with Crippen molar-refractivity contribution < 1.29 is 24.1 Å². The van der Waals surface area contributed by atoms with Crippen LogP contribution < -0.4 is 14.4 Å². The number of hydrogen-bond acceptors (Lipinski definition) is 5. The number of carbonyl (C=O) groups is 1. The van der Waals surface area contributed by atoms with E-state index in [4.69, 9.17) is 14.2 Å². The van der Waals surface area contributed by atoms with E-state index in [9.17, 15) is 9.90 Å². The summed E-state index contributed by atoms with van der Waals surface area (Å²) in [7, 11) is 0. The van der Waals surface area contributed by atoms with Gasteiger partial charge in [0.05, 0.1) is 25.4 Å². The summed E-state index contributed by atoms with van der Waals surface area (Å²) >= 11 is 0. The Bertz CT molecular complexity index is 1070. The number of anilines is 1. The number of hydrogen-bond donors (Lipinski definition) is 1. The lowest BCUT2D eigenvalue weighted by Crippen LogP contribution is -2.43. The largest absolute Gasteiger partial charge is 0.492 e. The molecule has 0 aliphatic carbocycles. The highest BCUT2D eigenvalue weighted by atomic mass is 16.5. The molecule has 0 saturated carbocycles. The predicted molar refractivity (Wildman–Crippen MR) is 132 cm³/mol. The average molecular weight is 462 g/mol. The zero-order valence-electron chi connectivity index (χ0n) is 19.5. The molecule has 1 heterocycles. The molecule has 178 valence electrons. The first kappa shape index (κ1) is 23.6. The van der Waals surface area contributed by atoms with Crippen LogP contribution in [0.4, 0.5) is 5.69 Å². The maximum atomic E-state index is 12.2. The van der Waals surface area contributed by atoms with Gasteiger partial charge in [0.25, 0.3) is 0 Å². The summed E-state index contributed by atoms with van der Waals surface area (Å²) < 4.78 is 17.6. The number of carboxylic acid groups (broad SMARTS) is 1. The molecule has 1 aliphatic heterocycles. The van der Waals surface area contributed by atoms with Crippen LogP contribution in [0.3, 0.4) is 0 Å². The van der Waals surface area contributed by atoms with E-state index in [-0.39, 0.29) is 13.0 Å². The number of nitrogens with zero attached hydrogens (tertiary/aromatic N) is 1. The molecule has 0 radical (unpaired) electrons. The van der Waals surface area contributed by atoms with E-state index in [0.717, 1.165) is 41.4 Å². The molecule has 0 spiro atoms. The zero-order valence-corrected chi connectivity index (χ0v) is 19.5. The van der Waals surface area contributed by atoms with Crippen LogP contribution in [0.5, 0.6) is 11.5 Å². The minimum Gasteiger partial charge on any atom is -0.492 e. The summed E-state index contributed by atoms with van der Waals surface area (Å²) in [6.45, 7) is 4.90. The Labute approximate surface area is 200 Å². The minimum atomic E-state index is -1.28. The van der Waals surface area contributed by atoms with E-state index in [1.165, 1.54) is 0 Å². The highest BCUT2D eigenvalue weighted by molar-refractivity contribution is 5.78. The molecule has 1 aliphatic rings. The summed E-state index contributed by atoms with van der Waals surface area (Å²) in [6, 6.07) is 25.3. The Morgan fingerprint density at radius 2 is 1.74 bits per heavy atom. The molecule has 34 heavy (non-hydrogen) atoms. The van der Waals surface area contributed by atoms with Gasteiger partial charge in [-0.25, -0.2) is 4.79 Å². The van der Waals surface area contributed by atoms with Gasteiger partial charge in [-0.05, 0) is 41.8 Å². The summed E-state index contributed by atoms with van der Waals surface area (Å²) in [4.78, 5) is 14.4. The molecule has 6 nitrogen and oxygen atoms in total. The molecule has 3 aromatic carbocycles. The third-order valence-corrected chi connectivity index (χ3v) is 6.19. The number of rotatable bonds is 11. The second-order valence-electron chi connectivity index (χ2n) is 8.40. The van der Waals surface area contributed by atoms with Gasteiger partial charge in [0.15, 0.2) is 5.60 Å². The second-order valence-corrected chi connectivity index (χ2v) is 8.40. The van der Waals surface area contributed by atoms with Gasteiger partial charge in [0.2, 0.25) is 0 Å². The van der Waals surface area contributed by atoms with E-state index in [1.807, 2.05) is 79.7 Å². The third kappa shape index (κ3) is 5.69. The molecule has 1 atom stereocenters. The Balaban J connectivity index is 1.33. The average Bonchev–Trinajstić information content (AvgIpc) is 2.88. The monoisotopic (exact) mass is 461 g/mol. The molecule has 0 saturated heterocycles. The first-order valence-corrected chi connectivity index (χ1v) is 11.7. The number of ether oxygens (including phenoxy) is 3. The lowest BCUT2D eigenvalue weighted by Gasteiger charge is -2.31. The summed E-state index contributed by atoms with van der Waals surface area (Å²) in [5, 5.41) is 9.96. The van der Waals surface area contributed by atoms with Crippen molar-refractivity contribution in [1.29, 1.82) is 0 Å². The quantitative estimate of drug-likeness (QED) is 0.435. The molecule has 0 fully saturated rings. The smallest absolute Gasteiger partial charge is 0.336 e. The molecule has 0 bridgehead atoms. The van der Waals surface area contributed by atoms with Crippen LogP contribution in [-0.4, -0.2) is 43.0 Å². The number of aliphatic carboxylic acids is 1. The van der Waals surface area contributed by atoms with E-state index in [0.29, 0.717) is 19.6 Å². The van der Waals surface area contributed by atoms with Crippen molar-refractivity contribution in [3.8, 4) is 11.5 Å². The van der Waals surface area contributed by atoms with Gasteiger partial charge in [0, 0.05) is 6.42 Å². The molecular weight excluding hydrogens is 430 g/mol. The van der Waals surface area contributed by atoms with E-state index in [1.54, 1.807) is 0 Å². The lowest BCUT2D eigenvalue weighted by atomic mass is 9.91. The lowest BCUT2D eigenvalue weighted by molar-refractivity contribution is -0.168. The maximum absolute atomic E-state index is 12.2. The van der Waals surface area contributed by atoms with Crippen LogP contribution in [0.1, 0.15) is 24.5 Å². The van der Waals surface area contributed by atoms with Crippen LogP contribution in [0, 0.1) is 0 Å². The van der Waals surface area contributed by atoms with E-state index < -0.39 is 11.6 Å². The highest BCUT2D eigenvalue weighted by Crippen LogP contribution is 2.30. The highest BCUT2D eigenvalue weighted by Gasteiger charge is 2.38. The molecule has 3 aromatic rings. The molecule has 6 heteroatoms. The number of para-hydroxylation sites is 2. The van der Waals surface area contributed by atoms with Crippen molar-refractivity contribution in [2.24, 2.45) is 0 Å². The fourth-order valence-corrected chi connectivity index (χ4v) is 4.13. The Morgan fingerprint density at radius 1 is 1.00 bits per heavy atom. The first-order chi connectivity index (χ1) is 16.6. The molecule has 1 N–H and O–H groups in total. The minimum absolute atomic E-state index is 0.257. The van der Waals surface area contributed by atoms with Crippen molar-refractivity contribution in [2.75, 3.05) is 31.2 Å². The van der Waals surface area contributed by atoms with Gasteiger partial charge < -0.3 is 24.2 Å². The van der Waals surface area contributed by atoms with Crippen LogP contribution in [-0.2, 0) is 22.6 Å². The van der Waals surface area contributed by atoms with Crippen LogP contribution in [0.15, 0.2) is 78.9 Å². The van der Waals surface area contributed by atoms with Crippen molar-refractivity contribution in [3.63, 3.8) is 0 Å². The Kier molecular flexibility index (Phi) is 7.70. The standard InChI is InChI=1S/C28H31NO5/c1-2-28(27(30)31,34-21-23-8-4-3-5-9-23)20-22-12-14-24(15-13-22)32-18-16-29-17-19-33-26-11-7-6-10-25(26)29/h3-15H,2,16-21H2,1H3,(H,30,31). The molecular formula is C28H31NO5. The van der Waals surface area contributed by atoms with Crippen LogP contribution in [0.25, 0.3) is 0 Å². The van der Waals surface area contributed by atoms with E-state index >= 15 is 0 Å². The molecule has 0 aromatic heterocycles. The maximum Gasteiger partial charge on any atom is 0.336 e. The number of carboxylic acids is 1. The van der Waals surface area contributed by atoms with Crippen LogP contribution >= 0.6 is 0 Å². The van der Waals surface area contributed by atoms with Gasteiger partial charge in [-0.2, -0.15) is 0 Å². The van der Waals surface area contributed by atoms with Crippen LogP contribution in [0.2, 0.25) is 0 Å². The SMILES string of the molecule is CCC(Cc1ccc(OCCN2CCOc3ccccc32)cc1)(OCc1ccccc1)C(=O)O. The fraction of sp³-hybridized carbons (Fsp3) is 0.321. The fourth-order valence-electron chi connectivity index (χ4n) is 4.13. The molecule has 4 rings (SSSR count). The molecule has 0 amide bonds. The predicted octanol–water partition coefficient (Wildman–Crippen LogP) is 4.96. The second kappa shape index (κ2) is 11.1. The first-order valence-electron chi connectivity index (χ1n) is 11.7. The number of fused-ring (bicyclic) bond motifs is 1. The third-order valence-electron chi connectivity index (χ3n) is 6.19. The van der Waals surface area contributed by atoms with Gasteiger partial charge in [-0.1, -0.05) is 61.5 Å². The zero-order chi connectivity index (χ0) is 23.8. The Hall–Kier alpha value is -3.51.